The fraction of sp³-hybridized carbons (Fsp3) is 0.143. The summed E-state index contributed by atoms with van der Waals surface area (Å²) in [5.41, 5.74) is 6.35. The summed E-state index contributed by atoms with van der Waals surface area (Å²) >= 11 is 0. The molecule has 0 heterocycles. The van der Waals surface area contributed by atoms with Gasteiger partial charge in [-0.15, -0.1) is 0 Å². The molecule has 0 aliphatic rings. The van der Waals surface area contributed by atoms with Gasteiger partial charge in [0, 0.05) is 5.69 Å². The van der Waals surface area contributed by atoms with Crippen LogP contribution in [0.3, 0.4) is 0 Å². The van der Waals surface area contributed by atoms with E-state index in [9.17, 15) is 17.2 Å². The van der Waals surface area contributed by atoms with Crippen LogP contribution in [0.2, 0.25) is 0 Å². The molecule has 0 fully saturated rings. The molecule has 0 saturated carbocycles. The molecule has 0 spiro atoms. The van der Waals surface area contributed by atoms with Crippen LogP contribution in [0, 0.1) is 25.5 Å². The summed E-state index contributed by atoms with van der Waals surface area (Å²) in [5, 5.41) is 0. The summed E-state index contributed by atoms with van der Waals surface area (Å²) in [5.74, 6) is -1.47. The molecular formula is C14H14F2N2O2S. The number of nitrogen functional groups attached to an aromatic ring is 1. The summed E-state index contributed by atoms with van der Waals surface area (Å²) in [7, 11) is -4.19. The zero-order valence-corrected chi connectivity index (χ0v) is 12.3. The van der Waals surface area contributed by atoms with E-state index in [1.807, 2.05) is 0 Å². The molecule has 7 heteroatoms. The Kier molecular flexibility index (Phi) is 3.87. The SMILES string of the molecule is Cc1cc(F)cc(NS(=O)(=O)c2cc(N)cc(C)c2F)c1. The van der Waals surface area contributed by atoms with Gasteiger partial charge in [-0.05, 0) is 55.3 Å². The van der Waals surface area contributed by atoms with Gasteiger partial charge >= 0.3 is 0 Å². The summed E-state index contributed by atoms with van der Waals surface area (Å²) in [6.45, 7) is 3.03. The highest BCUT2D eigenvalue weighted by Crippen LogP contribution is 2.24. The Bertz CT molecular complexity index is 785. The first-order chi connectivity index (χ1) is 9.69. The smallest absolute Gasteiger partial charge is 0.264 e. The monoisotopic (exact) mass is 312 g/mol. The van der Waals surface area contributed by atoms with E-state index in [1.54, 1.807) is 6.92 Å². The lowest BCUT2D eigenvalue weighted by Gasteiger charge is -2.11. The molecule has 0 aliphatic carbocycles. The topological polar surface area (TPSA) is 72.2 Å². The average Bonchev–Trinajstić information content (AvgIpc) is 2.31. The van der Waals surface area contributed by atoms with E-state index in [0.29, 0.717) is 5.56 Å². The third-order valence-corrected chi connectivity index (χ3v) is 4.21. The van der Waals surface area contributed by atoms with Crippen molar-refractivity contribution in [3.8, 4) is 0 Å². The molecule has 4 nitrogen and oxygen atoms in total. The fourth-order valence-corrected chi connectivity index (χ4v) is 3.19. The van der Waals surface area contributed by atoms with Crippen LogP contribution < -0.4 is 10.5 Å². The number of benzene rings is 2. The van der Waals surface area contributed by atoms with Crippen molar-refractivity contribution < 1.29 is 17.2 Å². The molecule has 2 aromatic carbocycles. The molecular weight excluding hydrogens is 298 g/mol. The van der Waals surface area contributed by atoms with Gasteiger partial charge < -0.3 is 5.73 Å². The molecule has 0 aliphatic heterocycles. The third-order valence-electron chi connectivity index (χ3n) is 2.83. The van der Waals surface area contributed by atoms with Crippen LogP contribution in [0.4, 0.5) is 20.2 Å². The van der Waals surface area contributed by atoms with Crippen molar-refractivity contribution in [2.45, 2.75) is 18.7 Å². The van der Waals surface area contributed by atoms with Crippen LogP contribution in [0.15, 0.2) is 35.2 Å². The number of aryl methyl sites for hydroxylation is 2. The zero-order chi connectivity index (χ0) is 15.8. The summed E-state index contributed by atoms with van der Waals surface area (Å²) < 4.78 is 53.9. The van der Waals surface area contributed by atoms with Gasteiger partial charge in [0.1, 0.15) is 16.5 Å². The first-order valence-electron chi connectivity index (χ1n) is 6.04. The van der Waals surface area contributed by atoms with Crippen molar-refractivity contribution in [1.82, 2.24) is 0 Å². The second kappa shape index (κ2) is 5.33. The van der Waals surface area contributed by atoms with Gasteiger partial charge in [-0.25, -0.2) is 17.2 Å². The van der Waals surface area contributed by atoms with Crippen LogP contribution >= 0.6 is 0 Å². The number of rotatable bonds is 3. The second-order valence-corrected chi connectivity index (χ2v) is 6.42. The van der Waals surface area contributed by atoms with Gasteiger partial charge in [0.25, 0.3) is 10.0 Å². The van der Waals surface area contributed by atoms with Crippen molar-refractivity contribution in [2.75, 3.05) is 10.5 Å². The molecule has 0 unspecified atom stereocenters. The minimum Gasteiger partial charge on any atom is -0.399 e. The van der Waals surface area contributed by atoms with E-state index < -0.39 is 26.6 Å². The molecule has 0 atom stereocenters. The zero-order valence-electron chi connectivity index (χ0n) is 11.4. The van der Waals surface area contributed by atoms with Crippen molar-refractivity contribution in [3.05, 3.63) is 53.1 Å². The summed E-state index contributed by atoms with van der Waals surface area (Å²) in [4.78, 5) is -0.568. The first kappa shape index (κ1) is 15.2. The molecule has 112 valence electrons. The highest BCUT2D eigenvalue weighted by molar-refractivity contribution is 7.92. The van der Waals surface area contributed by atoms with Gasteiger partial charge in [-0.2, -0.15) is 0 Å². The van der Waals surface area contributed by atoms with Gasteiger partial charge in [-0.1, -0.05) is 0 Å². The Morgan fingerprint density at radius 1 is 1.05 bits per heavy atom. The van der Waals surface area contributed by atoms with Crippen molar-refractivity contribution in [2.24, 2.45) is 0 Å². The number of nitrogens with one attached hydrogen (secondary N) is 1. The molecule has 3 N–H and O–H groups in total. The fourth-order valence-electron chi connectivity index (χ4n) is 1.97. The van der Waals surface area contributed by atoms with E-state index in [4.69, 9.17) is 5.73 Å². The number of anilines is 2. The van der Waals surface area contributed by atoms with Gasteiger partial charge in [0.15, 0.2) is 0 Å². The van der Waals surface area contributed by atoms with E-state index in [1.165, 1.54) is 25.1 Å². The molecule has 0 bridgehead atoms. The van der Waals surface area contributed by atoms with Crippen molar-refractivity contribution >= 4 is 21.4 Å². The van der Waals surface area contributed by atoms with Gasteiger partial charge in [0.05, 0.1) is 5.69 Å². The Hall–Kier alpha value is -2.15. The van der Waals surface area contributed by atoms with Gasteiger partial charge in [0.2, 0.25) is 0 Å². The quantitative estimate of drug-likeness (QED) is 0.856. The van der Waals surface area contributed by atoms with Crippen LogP contribution in [-0.4, -0.2) is 8.42 Å². The average molecular weight is 312 g/mol. The first-order valence-corrected chi connectivity index (χ1v) is 7.53. The maximum absolute atomic E-state index is 14.0. The largest absolute Gasteiger partial charge is 0.399 e. The summed E-state index contributed by atoms with van der Waals surface area (Å²) in [6, 6.07) is 6.07. The molecule has 21 heavy (non-hydrogen) atoms. The third kappa shape index (κ3) is 3.30. The lowest BCUT2D eigenvalue weighted by Crippen LogP contribution is -2.16. The highest BCUT2D eigenvalue weighted by Gasteiger charge is 2.21. The Morgan fingerprint density at radius 3 is 2.33 bits per heavy atom. The molecule has 2 rings (SSSR count). The molecule has 0 aromatic heterocycles. The Labute approximate surface area is 121 Å². The molecule has 2 aromatic rings. The second-order valence-electron chi connectivity index (χ2n) is 4.77. The maximum Gasteiger partial charge on any atom is 0.264 e. The van der Waals surface area contributed by atoms with Crippen LogP contribution in [-0.2, 0) is 10.0 Å². The van der Waals surface area contributed by atoms with Crippen LogP contribution in [0.5, 0.6) is 0 Å². The molecule has 0 radical (unpaired) electrons. The number of hydrogen-bond acceptors (Lipinski definition) is 3. The predicted molar refractivity (Wildman–Crippen MR) is 77.5 cm³/mol. The minimum atomic E-state index is -4.19. The van der Waals surface area contributed by atoms with Crippen molar-refractivity contribution in [1.29, 1.82) is 0 Å². The standard InChI is InChI=1S/C14H14F2N2O2S/c1-8-3-10(15)6-12(4-8)18-21(19,20)13-7-11(17)5-9(2)14(13)16/h3-7,18H,17H2,1-2H3. The summed E-state index contributed by atoms with van der Waals surface area (Å²) in [6.07, 6.45) is 0. The molecule has 0 saturated heterocycles. The van der Waals surface area contributed by atoms with Crippen molar-refractivity contribution in [3.63, 3.8) is 0 Å². The van der Waals surface area contributed by atoms with E-state index in [-0.39, 0.29) is 16.9 Å². The normalized spacial score (nSPS) is 11.4. The number of sulfonamides is 1. The Morgan fingerprint density at radius 2 is 1.71 bits per heavy atom. The molecule has 0 amide bonds. The number of halogens is 2. The Balaban J connectivity index is 2.48. The number of nitrogens with two attached hydrogens (primary N) is 1. The lowest BCUT2D eigenvalue weighted by atomic mass is 10.2. The lowest BCUT2D eigenvalue weighted by molar-refractivity contribution is 0.565. The van der Waals surface area contributed by atoms with E-state index >= 15 is 0 Å². The maximum atomic E-state index is 14.0. The number of hydrogen-bond donors (Lipinski definition) is 2. The van der Waals surface area contributed by atoms with E-state index in [0.717, 1.165) is 12.1 Å². The minimum absolute atomic E-state index is 0.0203. The predicted octanol–water partition coefficient (Wildman–Crippen LogP) is 2.96. The van der Waals surface area contributed by atoms with Crippen LogP contribution in [0.1, 0.15) is 11.1 Å². The highest BCUT2D eigenvalue weighted by atomic mass is 32.2. The van der Waals surface area contributed by atoms with E-state index in [2.05, 4.69) is 4.72 Å². The van der Waals surface area contributed by atoms with Crippen LogP contribution in [0.25, 0.3) is 0 Å². The van der Waals surface area contributed by atoms with Gasteiger partial charge in [-0.3, -0.25) is 4.72 Å².